The molecule has 3 nitrogen and oxygen atoms in total. The van der Waals surface area contributed by atoms with Crippen LogP contribution in [0.1, 0.15) is 30.5 Å². The van der Waals surface area contributed by atoms with Gasteiger partial charge >= 0.3 is 0 Å². The molecule has 1 heterocycles. The molecular formula is C12H21N3S. The summed E-state index contributed by atoms with van der Waals surface area (Å²) in [5.74, 6) is 0. The number of nitrogens with one attached hydrogen (secondary N) is 1. The maximum absolute atomic E-state index is 4.44. The topological polar surface area (TPSA) is 28.2 Å². The van der Waals surface area contributed by atoms with E-state index in [1.54, 1.807) is 11.3 Å². The van der Waals surface area contributed by atoms with Gasteiger partial charge in [0, 0.05) is 36.8 Å². The van der Waals surface area contributed by atoms with Crippen LogP contribution in [0.15, 0.2) is 5.38 Å². The van der Waals surface area contributed by atoms with E-state index in [0.29, 0.717) is 0 Å². The molecular weight excluding hydrogens is 218 g/mol. The van der Waals surface area contributed by atoms with Crippen molar-refractivity contribution < 1.29 is 0 Å². The molecule has 90 valence electrons. The first-order valence-corrected chi connectivity index (χ1v) is 7.03. The number of aryl methyl sites for hydroxylation is 1. The maximum Gasteiger partial charge on any atom is 0.107 e. The summed E-state index contributed by atoms with van der Waals surface area (Å²) in [6, 6.07) is 0.883. The van der Waals surface area contributed by atoms with Gasteiger partial charge in [0.25, 0.3) is 0 Å². The molecule has 2 rings (SSSR count). The number of hydrogen-bond donors (Lipinski definition) is 1. The molecule has 0 saturated heterocycles. The Balaban J connectivity index is 1.60. The quantitative estimate of drug-likeness (QED) is 0.738. The molecule has 1 aromatic rings. The Morgan fingerprint density at radius 2 is 2.38 bits per heavy atom. The monoisotopic (exact) mass is 239 g/mol. The van der Waals surface area contributed by atoms with Crippen molar-refractivity contribution in [2.75, 3.05) is 19.6 Å². The Labute approximate surface area is 102 Å². The highest BCUT2D eigenvalue weighted by Crippen LogP contribution is 2.25. The largest absolute Gasteiger partial charge is 0.309 e. The smallest absolute Gasteiger partial charge is 0.107 e. The van der Waals surface area contributed by atoms with Crippen LogP contribution < -0.4 is 5.32 Å². The maximum atomic E-state index is 4.44. The van der Waals surface area contributed by atoms with E-state index in [9.17, 15) is 0 Å². The van der Waals surface area contributed by atoms with Crippen LogP contribution in [0.4, 0.5) is 0 Å². The molecule has 16 heavy (non-hydrogen) atoms. The van der Waals surface area contributed by atoms with Crippen molar-refractivity contribution in [3.05, 3.63) is 16.1 Å². The number of hydrogen-bond acceptors (Lipinski definition) is 4. The Bertz CT molecular complexity index is 320. The van der Waals surface area contributed by atoms with Gasteiger partial charge in [-0.25, -0.2) is 4.98 Å². The molecule has 0 spiro atoms. The average molecular weight is 239 g/mol. The molecule has 0 unspecified atom stereocenters. The highest BCUT2D eigenvalue weighted by Gasteiger charge is 2.26. The lowest BCUT2D eigenvalue weighted by atomic mass is 10.4. The third kappa shape index (κ3) is 3.54. The Hall–Kier alpha value is -0.450. The van der Waals surface area contributed by atoms with Gasteiger partial charge in [0.1, 0.15) is 5.01 Å². The second-order valence-corrected chi connectivity index (χ2v) is 5.36. The van der Waals surface area contributed by atoms with Crippen molar-refractivity contribution in [1.82, 2.24) is 15.2 Å². The van der Waals surface area contributed by atoms with Crippen molar-refractivity contribution >= 4 is 11.3 Å². The minimum Gasteiger partial charge on any atom is -0.309 e. The van der Waals surface area contributed by atoms with E-state index in [-0.39, 0.29) is 0 Å². The van der Waals surface area contributed by atoms with Crippen LogP contribution in [0.2, 0.25) is 0 Å². The minimum absolute atomic E-state index is 0.883. The van der Waals surface area contributed by atoms with Crippen molar-refractivity contribution in [2.24, 2.45) is 0 Å². The third-order valence-electron chi connectivity index (χ3n) is 2.99. The van der Waals surface area contributed by atoms with Gasteiger partial charge in [0.05, 0.1) is 0 Å². The van der Waals surface area contributed by atoms with Crippen LogP contribution >= 0.6 is 11.3 Å². The van der Waals surface area contributed by atoms with Crippen molar-refractivity contribution in [3.63, 3.8) is 0 Å². The molecule has 0 atom stereocenters. The van der Waals surface area contributed by atoms with Gasteiger partial charge in [0.15, 0.2) is 0 Å². The molecule has 1 fully saturated rings. The highest BCUT2D eigenvalue weighted by atomic mass is 32.1. The molecule has 0 radical (unpaired) electrons. The number of likely N-dealkylation sites (N-methyl/N-ethyl adjacent to an activating group) is 1. The minimum atomic E-state index is 0.883. The highest BCUT2D eigenvalue weighted by molar-refractivity contribution is 7.09. The zero-order valence-electron chi connectivity index (χ0n) is 10.2. The molecule has 0 amide bonds. The van der Waals surface area contributed by atoms with Crippen LogP contribution in [0.5, 0.6) is 0 Å². The van der Waals surface area contributed by atoms with Gasteiger partial charge in [-0.2, -0.15) is 0 Å². The number of nitrogens with zero attached hydrogens (tertiary/aromatic N) is 2. The third-order valence-corrected chi connectivity index (χ3v) is 3.95. The van der Waals surface area contributed by atoms with Crippen LogP contribution in [0.3, 0.4) is 0 Å². The van der Waals surface area contributed by atoms with Gasteiger partial charge in [0.2, 0.25) is 0 Å². The molecule has 4 heteroatoms. The van der Waals surface area contributed by atoms with E-state index in [2.05, 4.69) is 27.5 Å². The van der Waals surface area contributed by atoms with Crippen molar-refractivity contribution in [3.8, 4) is 0 Å². The predicted octanol–water partition coefficient (Wildman–Crippen LogP) is 2.03. The molecule has 0 aliphatic heterocycles. The Morgan fingerprint density at radius 1 is 1.56 bits per heavy atom. The summed E-state index contributed by atoms with van der Waals surface area (Å²) in [6.07, 6.45) is 2.80. The number of aromatic nitrogens is 1. The van der Waals surface area contributed by atoms with E-state index < -0.39 is 0 Å². The molecule has 0 bridgehead atoms. The van der Waals surface area contributed by atoms with Gasteiger partial charge in [-0.15, -0.1) is 11.3 Å². The van der Waals surface area contributed by atoms with Gasteiger partial charge in [-0.05, 0) is 26.3 Å². The van der Waals surface area contributed by atoms with Crippen molar-refractivity contribution in [1.29, 1.82) is 0 Å². The van der Waals surface area contributed by atoms with Gasteiger partial charge < -0.3 is 5.32 Å². The first-order valence-electron chi connectivity index (χ1n) is 6.15. The van der Waals surface area contributed by atoms with E-state index in [1.807, 2.05) is 6.92 Å². The molecule has 1 saturated carbocycles. The summed E-state index contributed by atoms with van der Waals surface area (Å²) < 4.78 is 0. The Morgan fingerprint density at radius 3 is 2.94 bits per heavy atom. The summed E-state index contributed by atoms with van der Waals surface area (Å²) in [5.41, 5.74) is 1.13. The van der Waals surface area contributed by atoms with Crippen LogP contribution in [0, 0.1) is 6.92 Å². The van der Waals surface area contributed by atoms with Gasteiger partial charge in [-0.1, -0.05) is 6.92 Å². The fraction of sp³-hybridized carbons (Fsp3) is 0.750. The molecule has 1 aliphatic rings. The summed E-state index contributed by atoms with van der Waals surface area (Å²) in [5, 5.41) is 6.78. The molecule has 0 aromatic carbocycles. The summed E-state index contributed by atoms with van der Waals surface area (Å²) >= 11 is 1.75. The summed E-state index contributed by atoms with van der Waals surface area (Å²) in [6.45, 7) is 8.65. The lowest BCUT2D eigenvalue weighted by Crippen LogP contribution is -2.33. The zero-order chi connectivity index (χ0) is 11.4. The summed E-state index contributed by atoms with van der Waals surface area (Å²) in [7, 11) is 0. The molecule has 1 aliphatic carbocycles. The van der Waals surface area contributed by atoms with Crippen LogP contribution in [0.25, 0.3) is 0 Å². The van der Waals surface area contributed by atoms with Crippen LogP contribution in [-0.2, 0) is 6.54 Å². The second-order valence-electron chi connectivity index (χ2n) is 4.42. The standard InChI is InChI=1S/C12H21N3S/c1-3-15(11-4-5-11)7-6-13-8-12-14-10(2)9-16-12/h9,11,13H,3-8H2,1-2H3. The van der Waals surface area contributed by atoms with Gasteiger partial charge in [-0.3, -0.25) is 4.90 Å². The zero-order valence-corrected chi connectivity index (χ0v) is 11.0. The first kappa shape index (κ1) is 12.0. The van der Waals surface area contributed by atoms with Crippen LogP contribution in [-0.4, -0.2) is 35.6 Å². The lowest BCUT2D eigenvalue weighted by Gasteiger charge is -2.19. The fourth-order valence-corrected chi connectivity index (χ4v) is 2.68. The van der Waals surface area contributed by atoms with E-state index >= 15 is 0 Å². The van der Waals surface area contributed by atoms with E-state index in [0.717, 1.165) is 24.8 Å². The number of rotatable bonds is 7. The van der Waals surface area contributed by atoms with E-state index in [1.165, 1.54) is 30.9 Å². The normalized spacial score (nSPS) is 15.9. The fourth-order valence-electron chi connectivity index (χ4n) is 1.94. The molecule has 1 aromatic heterocycles. The molecule has 1 N–H and O–H groups in total. The summed E-state index contributed by atoms with van der Waals surface area (Å²) in [4.78, 5) is 7.01. The Kier molecular flexibility index (Phi) is 4.32. The SMILES string of the molecule is CCN(CCNCc1nc(C)cs1)C1CC1. The average Bonchev–Trinajstić information content (AvgIpc) is 3.03. The second kappa shape index (κ2) is 5.75. The lowest BCUT2D eigenvalue weighted by molar-refractivity contribution is 0.277. The van der Waals surface area contributed by atoms with E-state index in [4.69, 9.17) is 0 Å². The first-order chi connectivity index (χ1) is 7.79. The number of thiazole rings is 1. The van der Waals surface area contributed by atoms with Crippen molar-refractivity contribution in [2.45, 2.75) is 39.3 Å². The predicted molar refractivity (Wildman–Crippen MR) is 68.8 cm³/mol.